The van der Waals surface area contributed by atoms with Crippen LogP contribution in [0.25, 0.3) is 22.5 Å². The molecule has 0 saturated heterocycles. The first kappa shape index (κ1) is 20.4. The number of pyridine rings is 2. The fourth-order valence-corrected chi connectivity index (χ4v) is 3.18. The minimum absolute atomic E-state index is 0.482. The van der Waals surface area contributed by atoms with Crippen LogP contribution in [0.1, 0.15) is 38.4 Å². The largest absolute Gasteiger partial charge is 0.390 e. The fraction of sp³-hybridized carbons (Fsp3) is 0.333. The highest BCUT2D eigenvalue weighted by Crippen LogP contribution is 2.24. The van der Waals surface area contributed by atoms with Gasteiger partial charge in [-0.2, -0.15) is 15.0 Å². The Morgan fingerprint density at radius 3 is 2.77 bits per heavy atom. The third-order valence-corrected chi connectivity index (χ3v) is 4.77. The van der Waals surface area contributed by atoms with Gasteiger partial charge in [0.1, 0.15) is 11.8 Å². The van der Waals surface area contributed by atoms with E-state index in [-0.39, 0.29) is 0 Å². The Morgan fingerprint density at radius 1 is 1.19 bits per heavy atom. The lowest BCUT2D eigenvalue weighted by Crippen LogP contribution is -2.19. The third-order valence-electron chi connectivity index (χ3n) is 4.77. The molecule has 10 nitrogen and oxygen atoms in total. The Balaban J connectivity index is 1.68. The molecule has 0 unspecified atom stereocenters. The molecular weight excluding hydrogens is 394 g/mol. The quantitative estimate of drug-likeness (QED) is 0.469. The van der Waals surface area contributed by atoms with Crippen molar-refractivity contribution in [2.24, 2.45) is 0 Å². The van der Waals surface area contributed by atoms with E-state index in [4.69, 9.17) is 5.26 Å². The molecule has 0 aliphatic heterocycles. The number of anilines is 1. The number of fused-ring (bicyclic) bond motifs is 1. The van der Waals surface area contributed by atoms with Gasteiger partial charge < -0.3 is 10.4 Å². The Kier molecular flexibility index (Phi) is 5.35. The molecule has 158 valence electrons. The molecule has 0 radical (unpaired) electrons. The van der Waals surface area contributed by atoms with Gasteiger partial charge in [-0.3, -0.25) is 0 Å². The van der Waals surface area contributed by atoms with Crippen molar-refractivity contribution in [3.05, 3.63) is 48.2 Å². The van der Waals surface area contributed by atoms with Crippen molar-refractivity contribution in [2.45, 2.75) is 39.2 Å². The first-order valence-corrected chi connectivity index (χ1v) is 10.00. The molecule has 0 atom stereocenters. The summed E-state index contributed by atoms with van der Waals surface area (Å²) in [7, 11) is 0. The lowest BCUT2D eigenvalue weighted by molar-refractivity contribution is 0.0711. The molecule has 0 amide bonds. The predicted molar refractivity (Wildman–Crippen MR) is 115 cm³/mol. The summed E-state index contributed by atoms with van der Waals surface area (Å²) >= 11 is 0. The highest BCUT2D eigenvalue weighted by atomic mass is 16.3. The van der Waals surface area contributed by atoms with E-state index in [9.17, 15) is 5.11 Å². The molecule has 4 aromatic rings. The Bertz CT molecular complexity index is 1260. The molecule has 0 saturated carbocycles. The molecule has 10 heteroatoms. The number of rotatable bonds is 7. The number of nitrogens with zero attached hydrogens (tertiary/aromatic N) is 8. The lowest BCUT2D eigenvalue weighted by atomic mass is 10.0. The number of aromatic nitrogens is 7. The SMILES string of the molecule is CCNc1cc(-n2ncc3cc(C#N)cnc32)ncc1-n1cc(CCC(C)(C)O)nn1. The van der Waals surface area contributed by atoms with Gasteiger partial charge in [-0.15, -0.1) is 5.10 Å². The predicted octanol–water partition coefficient (Wildman–Crippen LogP) is 2.40. The van der Waals surface area contributed by atoms with E-state index in [1.807, 2.05) is 19.2 Å². The van der Waals surface area contributed by atoms with Gasteiger partial charge in [0.2, 0.25) is 0 Å². The van der Waals surface area contributed by atoms with E-state index in [0.717, 1.165) is 22.5 Å². The van der Waals surface area contributed by atoms with Crippen LogP contribution in [0.2, 0.25) is 0 Å². The maximum atomic E-state index is 9.94. The Hall–Kier alpha value is -3.84. The van der Waals surface area contributed by atoms with Crippen LogP contribution >= 0.6 is 0 Å². The van der Waals surface area contributed by atoms with Crippen molar-refractivity contribution in [1.29, 1.82) is 5.26 Å². The summed E-state index contributed by atoms with van der Waals surface area (Å²) in [6, 6.07) is 5.71. The van der Waals surface area contributed by atoms with E-state index in [0.29, 0.717) is 36.4 Å². The summed E-state index contributed by atoms with van der Waals surface area (Å²) in [5.41, 5.74) is 2.72. The topological polar surface area (TPSA) is 130 Å². The van der Waals surface area contributed by atoms with Gasteiger partial charge in [0.15, 0.2) is 11.5 Å². The molecule has 0 aromatic carbocycles. The molecule has 0 fully saturated rings. The van der Waals surface area contributed by atoms with Crippen LogP contribution in [0.3, 0.4) is 0 Å². The maximum Gasteiger partial charge on any atom is 0.164 e. The number of hydrogen-bond acceptors (Lipinski definition) is 8. The zero-order valence-electron chi connectivity index (χ0n) is 17.6. The zero-order valence-corrected chi connectivity index (χ0v) is 17.6. The Morgan fingerprint density at radius 2 is 2.03 bits per heavy atom. The Labute approximate surface area is 179 Å². The third kappa shape index (κ3) is 4.36. The average molecular weight is 417 g/mol. The number of aliphatic hydroxyl groups is 1. The number of nitriles is 1. The molecule has 4 rings (SSSR count). The summed E-state index contributed by atoms with van der Waals surface area (Å²) in [5.74, 6) is 0.592. The van der Waals surface area contributed by atoms with Crippen molar-refractivity contribution in [1.82, 2.24) is 34.7 Å². The van der Waals surface area contributed by atoms with Crippen molar-refractivity contribution in [3.8, 4) is 17.6 Å². The molecule has 2 N–H and O–H groups in total. The van der Waals surface area contributed by atoms with Crippen LogP contribution in [-0.2, 0) is 6.42 Å². The smallest absolute Gasteiger partial charge is 0.164 e. The number of aryl methyl sites for hydroxylation is 1. The van der Waals surface area contributed by atoms with Gasteiger partial charge in [0.25, 0.3) is 0 Å². The summed E-state index contributed by atoms with van der Waals surface area (Å²) < 4.78 is 3.31. The standard InChI is InChI=1S/C21H23N9O/c1-4-23-17-8-19(30-20-15(11-26-30)7-14(9-22)10-25-20)24-12-18(17)29-13-16(27-28-29)5-6-21(2,3)31/h7-8,10-13,31H,4-6H2,1-3H3,(H,23,24). The van der Waals surface area contributed by atoms with E-state index >= 15 is 0 Å². The van der Waals surface area contributed by atoms with Crippen molar-refractivity contribution in [3.63, 3.8) is 0 Å². The summed E-state index contributed by atoms with van der Waals surface area (Å²) in [4.78, 5) is 8.91. The van der Waals surface area contributed by atoms with Crippen LogP contribution in [0, 0.1) is 11.3 Å². The van der Waals surface area contributed by atoms with Crippen molar-refractivity contribution < 1.29 is 5.11 Å². The van der Waals surface area contributed by atoms with Crippen LogP contribution in [0.15, 0.2) is 36.9 Å². The number of nitrogens with one attached hydrogen (secondary N) is 1. The molecule has 4 heterocycles. The van der Waals surface area contributed by atoms with E-state index in [1.165, 1.54) is 6.20 Å². The first-order valence-electron chi connectivity index (χ1n) is 10.00. The first-order chi connectivity index (χ1) is 14.9. The summed E-state index contributed by atoms with van der Waals surface area (Å²) in [6.07, 6.45) is 7.95. The number of hydrogen-bond donors (Lipinski definition) is 2. The van der Waals surface area contributed by atoms with E-state index in [1.54, 1.807) is 41.7 Å². The monoisotopic (exact) mass is 417 g/mol. The van der Waals surface area contributed by atoms with Crippen molar-refractivity contribution >= 4 is 16.7 Å². The highest BCUT2D eigenvalue weighted by molar-refractivity contribution is 5.77. The van der Waals surface area contributed by atoms with Gasteiger partial charge in [-0.05, 0) is 39.7 Å². The van der Waals surface area contributed by atoms with Crippen LogP contribution in [0.5, 0.6) is 0 Å². The van der Waals surface area contributed by atoms with Crippen LogP contribution in [-0.4, -0.2) is 52.0 Å². The van der Waals surface area contributed by atoms with Gasteiger partial charge in [-0.25, -0.2) is 14.6 Å². The molecule has 0 spiro atoms. The van der Waals surface area contributed by atoms with E-state index in [2.05, 4.69) is 36.8 Å². The van der Waals surface area contributed by atoms with Crippen molar-refractivity contribution in [2.75, 3.05) is 11.9 Å². The summed E-state index contributed by atoms with van der Waals surface area (Å²) in [6.45, 7) is 6.27. The average Bonchev–Trinajstić information content (AvgIpc) is 3.38. The normalized spacial score (nSPS) is 11.6. The molecular formula is C21H23N9O. The highest BCUT2D eigenvalue weighted by Gasteiger charge is 2.16. The van der Waals surface area contributed by atoms with E-state index < -0.39 is 5.60 Å². The molecule has 0 aliphatic rings. The summed E-state index contributed by atoms with van der Waals surface area (Å²) in [5, 5.41) is 35.9. The van der Waals surface area contributed by atoms with Crippen LogP contribution in [0.4, 0.5) is 5.69 Å². The maximum absolute atomic E-state index is 9.94. The van der Waals surface area contributed by atoms with Crippen LogP contribution < -0.4 is 5.32 Å². The zero-order chi connectivity index (χ0) is 22.0. The molecule has 0 bridgehead atoms. The van der Waals surface area contributed by atoms with Gasteiger partial charge in [0, 0.05) is 24.2 Å². The molecule has 31 heavy (non-hydrogen) atoms. The minimum atomic E-state index is -0.753. The van der Waals surface area contributed by atoms with Gasteiger partial charge in [-0.1, -0.05) is 5.21 Å². The molecule has 0 aliphatic carbocycles. The second-order valence-electron chi connectivity index (χ2n) is 7.86. The lowest BCUT2D eigenvalue weighted by Gasteiger charge is -2.15. The second-order valence-corrected chi connectivity index (χ2v) is 7.86. The second kappa shape index (κ2) is 8.12. The molecule has 4 aromatic heterocycles. The fourth-order valence-electron chi connectivity index (χ4n) is 3.18. The van der Waals surface area contributed by atoms with Gasteiger partial charge >= 0.3 is 0 Å². The van der Waals surface area contributed by atoms with Gasteiger partial charge in [0.05, 0.1) is 41.1 Å². The minimum Gasteiger partial charge on any atom is -0.390 e.